The third-order valence-electron chi connectivity index (χ3n) is 5.72. The van der Waals surface area contributed by atoms with E-state index in [1.165, 1.54) is 37.9 Å². The minimum atomic E-state index is 0.663. The van der Waals surface area contributed by atoms with Crippen LogP contribution in [0.4, 0.5) is 0 Å². The van der Waals surface area contributed by atoms with Crippen molar-refractivity contribution in [1.29, 1.82) is 0 Å². The number of rotatable bonds is 4. The first-order valence-electron chi connectivity index (χ1n) is 10.3. The number of benzene rings is 3. The summed E-state index contributed by atoms with van der Waals surface area (Å²) in [5.74, 6) is 1.70. The smallest absolute Gasteiger partial charge is 0.165 e. The Balaban J connectivity index is 1.51. The Bertz CT molecular complexity index is 1180. The van der Waals surface area contributed by atoms with Gasteiger partial charge in [-0.1, -0.05) is 48.0 Å². The predicted octanol–water partition coefficient (Wildman–Crippen LogP) is 6.28. The van der Waals surface area contributed by atoms with E-state index in [-0.39, 0.29) is 0 Å². The van der Waals surface area contributed by atoms with Gasteiger partial charge in [0.05, 0.1) is 7.11 Å². The normalized spacial score (nSPS) is 14.2. The molecule has 2 heterocycles. The molecule has 1 aromatic heterocycles. The fourth-order valence-electron chi connectivity index (χ4n) is 4.13. The van der Waals surface area contributed by atoms with E-state index in [1.54, 1.807) is 18.4 Å². The molecule has 1 aliphatic rings. The van der Waals surface area contributed by atoms with Gasteiger partial charge in [0.25, 0.3) is 0 Å². The fraction of sp³-hybridized carbons (Fsp3) is 0.231. The largest absolute Gasteiger partial charge is 0.493 e. The fourth-order valence-corrected chi connectivity index (χ4v) is 5.10. The van der Waals surface area contributed by atoms with Crippen LogP contribution in [0.1, 0.15) is 16.7 Å². The topological polar surface area (TPSA) is 21.7 Å². The molecule has 5 rings (SSSR count). The Morgan fingerprint density at radius 1 is 1.07 bits per heavy atom. The zero-order valence-electron chi connectivity index (χ0n) is 17.4. The van der Waals surface area contributed by atoms with E-state index in [4.69, 9.17) is 9.47 Å². The molecule has 0 aliphatic carbocycles. The minimum absolute atomic E-state index is 0.663. The Kier molecular flexibility index (Phi) is 5.19. The maximum absolute atomic E-state index is 6.15. The number of aryl methyl sites for hydroxylation is 1. The molecule has 0 spiro atoms. The van der Waals surface area contributed by atoms with Crippen molar-refractivity contribution in [1.82, 2.24) is 4.90 Å². The van der Waals surface area contributed by atoms with Gasteiger partial charge in [-0.25, -0.2) is 0 Å². The van der Waals surface area contributed by atoms with Gasteiger partial charge in [-0.15, -0.1) is 11.3 Å². The van der Waals surface area contributed by atoms with Crippen LogP contribution in [0.3, 0.4) is 0 Å². The van der Waals surface area contributed by atoms with Crippen LogP contribution in [-0.2, 0) is 13.1 Å². The highest BCUT2D eigenvalue weighted by molar-refractivity contribution is 7.17. The zero-order valence-corrected chi connectivity index (χ0v) is 18.2. The van der Waals surface area contributed by atoms with Crippen molar-refractivity contribution in [2.75, 3.05) is 20.3 Å². The number of hydrogen-bond acceptors (Lipinski definition) is 4. The van der Waals surface area contributed by atoms with Crippen molar-refractivity contribution >= 4 is 21.4 Å². The number of hydrogen-bond donors (Lipinski definition) is 0. The summed E-state index contributed by atoms with van der Waals surface area (Å²) in [6.07, 6.45) is 0. The van der Waals surface area contributed by atoms with Crippen LogP contribution in [0.5, 0.6) is 11.5 Å². The quantitative estimate of drug-likeness (QED) is 0.391. The van der Waals surface area contributed by atoms with Gasteiger partial charge in [-0.3, -0.25) is 4.90 Å². The molecule has 0 saturated heterocycles. The summed E-state index contributed by atoms with van der Waals surface area (Å²) < 4.78 is 13.2. The second-order valence-electron chi connectivity index (χ2n) is 7.86. The molecule has 0 fully saturated rings. The number of ether oxygens (including phenoxy) is 2. The standard InChI is InChI=1S/C26H25NO2S/c1-18-7-9-19(10-8-18)15-27-11-12-29-26-21(16-27)13-20(14-24(26)28-2)23-17-30-25-6-4-3-5-22(23)25/h3-10,13-14,17H,11-12,15-16H2,1-2H3. The molecule has 0 bridgehead atoms. The molecule has 0 unspecified atom stereocenters. The summed E-state index contributed by atoms with van der Waals surface area (Å²) >= 11 is 1.78. The van der Waals surface area contributed by atoms with Crippen LogP contribution in [0, 0.1) is 6.92 Å². The van der Waals surface area contributed by atoms with Gasteiger partial charge in [-0.2, -0.15) is 0 Å². The Labute approximate surface area is 181 Å². The SMILES string of the molecule is COc1cc(-c2csc3ccccc23)cc2c1OCCN(Cc1ccc(C)cc1)C2. The predicted molar refractivity (Wildman–Crippen MR) is 125 cm³/mol. The lowest BCUT2D eigenvalue weighted by Gasteiger charge is -2.20. The van der Waals surface area contributed by atoms with Crippen molar-refractivity contribution < 1.29 is 9.47 Å². The lowest BCUT2D eigenvalue weighted by Crippen LogP contribution is -2.25. The van der Waals surface area contributed by atoms with Crippen LogP contribution in [0.2, 0.25) is 0 Å². The highest BCUT2D eigenvalue weighted by atomic mass is 32.1. The van der Waals surface area contributed by atoms with E-state index in [9.17, 15) is 0 Å². The van der Waals surface area contributed by atoms with E-state index in [1.807, 2.05) is 0 Å². The van der Waals surface area contributed by atoms with Crippen molar-refractivity contribution in [2.45, 2.75) is 20.0 Å². The van der Waals surface area contributed by atoms with Gasteiger partial charge in [0, 0.05) is 40.8 Å². The molecule has 0 N–H and O–H groups in total. The molecule has 4 heteroatoms. The second-order valence-corrected chi connectivity index (χ2v) is 8.77. The monoisotopic (exact) mass is 415 g/mol. The molecule has 4 aromatic rings. The molecule has 30 heavy (non-hydrogen) atoms. The van der Waals surface area contributed by atoms with Gasteiger partial charge < -0.3 is 9.47 Å². The molecule has 152 valence electrons. The number of thiophene rings is 1. The van der Waals surface area contributed by atoms with E-state index in [2.05, 4.69) is 77.9 Å². The lowest BCUT2D eigenvalue weighted by atomic mass is 10.0. The summed E-state index contributed by atoms with van der Waals surface area (Å²) in [4.78, 5) is 2.45. The number of methoxy groups -OCH3 is 1. The van der Waals surface area contributed by atoms with Crippen molar-refractivity contribution in [3.8, 4) is 22.6 Å². The molecule has 0 saturated carbocycles. The lowest BCUT2D eigenvalue weighted by molar-refractivity contribution is 0.217. The van der Waals surface area contributed by atoms with E-state index in [0.717, 1.165) is 31.1 Å². The molecule has 3 aromatic carbocycles. The third-order valence-corrected chi connectivity index (χ3v) is 6.68. The first kappa shape index (κ1) is 19.2. The highest BCUT2D eigenvalue weighted by Crippen LogP contribution is 2.41. The van der Waals surface area contributed by atoms with Crippen LogP contribution in [0.25, 0.3) is 21.2 Å². The van der Waals surface area contributed by atoms with E-state index < -0.39 is 0 Å². The van der Waals surface area contributed by atoms with Crippen molar-refractivity contribution in [3.63, 3.8) is 0 Å². The van der Waals surface area contributed by atoms with Crippen molar-refractivity contribution in [3.05, 3.63) is 82.7 Å². The molecule has 0 radical (unpaired) electrons. The van der Waals surface area contributed by atoms with Crippen molar-refractivity contribution in [2.24, 2.45) is 0 Å². The van der Waals surface area contributed by atoms with Crippen LogP contribution in [0.15, 0.2) is 66.0 Å². The summed E-state index contributed by atoms with van der Waals surface area (Å²) in [5.41, 5.74) is 6.25. The summed E-state index contributed by atoms with van der Waals surface area (Å²) in [6.45, 7) is 5.44. The Morgan fingerprint density at radius 3 is 2.73 bits per heavy atom. The van der Waals surface area contributed by atoms with Gasteiger partial charge >= 0.3 is 0 Å². The molecule has 3 nitrogen and oxygen atoms in total. The zero-order chi connectivity index (χ0) is 20.5. The molecule has 0 atom stereocenters. The molecular formula is C26H25NO2S. The third kappa shape index (κ3) is 3.69. The van der Waals surface area contributed by atoms with Gasteiger partial charge in [0.2, 0.25) is 0 Å². The summed E-state index contributed by atoms with van der Waals surface area (Å²) in [5, 5.41) is 3.53. The number of fused-ring (bicyclic) bond motifs is 2. The minimum Gasteiger partial charge on any atom is -0.493 e. The van der Waals surface area contributed by atoms with E-state index >= 15 is 0 Å². The first-order chi connectivity index (χ1) is 14.7. The Morgan fingerprint density at radius 2 is 1.90 bits per heavy atom. The first-order valence-corrected chi connectivity index (χ1v) is 11.2. The number of nitrogens with zero attached hydrogens (tertiary/aromatic N) is 1. The molecule has 1 aliphatic heterocycles. The van der Waals surface area contributed by atoms with Crippen LogP contribution < -0.4 is 9.47 Å². The maximum Gasteiger partial charge on any atom is 0.165 e. The second kappa shape index (κ2) is 8.13. The maximum atomic E-state index is 6.15. The van der Waals surface area contributed by atoms with Gasteiger partial charge in [0.15, 0.2) is 11.5 Å². The van der Waals surface area contributed by atoms with Gasteiger partial charge in [-0.05, 0) is 41.6 Å². The highest BCUT2D eigenvalue weighted by Gasteiger charge is 2.21. The Hall–Kier alpha value is -2.82. The molecular weight excluding hydrogens is 390 g/mol. The van der Waals surface area contributed by atoms with E-state index in [0.29, 0.717) is 6.61 Å². The average molecular weight is 416 g/mol. The van der Waals surface area contributed by atoms with Gasteiger partial charge in [0.1, 0.15) is 6.61 Å². The average Bonchev–Trinajstić information content (AvgIpc) is 3.09. The van der Waals surface area contributed by atoms with Crippen LogP contribution in [-0.4, -0.2) is 25.2 Å². The summed E-state index contributed by atoms with van der Waals surface area (Å²) in [7, 11) is 1.73. The molecule has 0 amide bonds. The van der Waals surface area contributed by atoms with Crippen LogP contribution >= 0.6 is 11.3 Å². The summed E-state index contributed by atoms with van der Waals surface area (Å²) in [6, 6.07) is 21.8.